The van der Waals surface area contributed by atoms with E-state index in [-0.39, 0.29) is 23.8 Å². The van der Waals surface area contributed by atoms with Crippen molar-refractivity contribution in [2.75, 3.05) is 12.4 Å². The van der Waals surface area contributed by atoms with E-state index in [4.69, 9.17) is 9.47 Å². The quantitative estimate of drug-likeness (QED) is 0.845. The van der Waals surface area contributed by atoms with Gasteiger partial charge < -0.3 is 14.8 Å². The van der Waals surface area contributed by atoms with E-state index < -0.39 is 23.7 Å². The van der Waals surface area contributed by atoms with Gasteiger partial charge in [0.15, 0.2) is 0 Å². The third kappa shape index (κ3) is 3.04. The van der Waals surface area contributed by atoms with Crippen molar-refractivity contribution >= 4 is 11.6 Å². The molecule has 29 heavy (non-hydrogen) atoms. The minimum Gasteiger partial charge on any atom is -0.481 e. The Morgan fingerprint density at radius 1 is 1.21 bits per heavy atom. The number of carbonyl (C=O) groups excluding carboxylic acids is 1. The number of nitrogens with one attached hydrogen (secondary N) is 1. The fourth-order valence-corrected chi connectivity index (χ4v) is 4.75. The number of methoxy groups -OCH3 is 1. The highest BCUT2D eigenvalue weighted by Gasteiger charge is 2.69. The van der Waals surface area contributed by atoms with E-state index in [2.05, 4.69) is 15.3 Å². The zero-order valence-corrected chi connectivity index (χ0v) is 15.4. The Balaban J connectivity index is 1.44. The van der Waals surface area contributed by atoms with Gasteiger partial charge in [0.1, 0.15) is 5.69 Å². The summed E-state index contributed by atoms with van der Waals surface area (Å²) in [6, 6.07) is 7.11. The molecule has 2 aliphatic heterocycles. The molecule has 2 saturated heterocycles. The van der Waals surface area contributed by atoms with Gasteiger partial charge in [0.05, 0.1) is 37.1 Å². The summed E-state index contributed by atoms with van der Waals surface area (Å²) in [6.07, 6.45) is -2.69. The molecule has 0 spiro atoms. The molecule has 152 valence electrons. The number of hydrogen-bond donors (Lipinski definition) is 1. The fourth-order valence-electron chi connectivity index (χ4n) is 4.75. The predicted octanol–water partition coefficient (Wildman–Crippen LogP) is 3.26. The minimum absolute atomic E-state index is 0.255. The summed E-state index contributed by atoms with van der Waals surface area (Å²) < 4.78 is 50.4. The van der Waals surface area contributed by atoms with E-state index in [1.165, 1.54) is 19.4 Å². The van der Waals surface area contributed by atoms with Crippen LogP contribution >= 0.6 is 0 Å². The third-order valence-corrected chi connectivity index (χ3v) is 6.06. The van der Waals surface area contributed by atoms with Crippen LogP contribution in [0.25, 0.3) is 0 Å². The first kappa shape index (κ1) is 18.4. The zero-order valence-electron chi connectivity index (χ0n) is 15.4. The second kappa shape index (κ2) is 6.41. The van der Waals surface area contributed by atoms with Crippen LogP contribution in [0.15, 0.2) is 36.5 Å². The molecular formula is C20H18F3N3O3. The summed E-state index contributed by atoms with van der Waals surface area (Å²) in [5.41, 5.74) is -0.212. The molecule has 2 aromatic heterocycles. The van der Waals surface area contributed by atoms with Gasteiger partial charge in [-0.25, -0.2) is 9.97 Å². The average molecular weight is 405 g/mol. The molecule has 5 rings (SSSR count). The van der Waals surface area contributed by atoms with Gasteiger partial charge in [-0.3, -0.25) is 4.79 Å². The van der Waals surface area contributed by atoms with Gasteiger partial charge in [0.2, 0.25) is 11.8 Å². The number of halogens is 3. The number of carbonyl (C=O) groups is 1. The lowest BCUT2D eigenvalue weighted by Crippen LogP contribution is -2.37. The van der Waals surface area contributed by atoms with E-state index in [9.17, 15) is 18.0 Å². The number of aromatic nitrogens is 2. The number of ether oxygens (including phenoxy) is 2. The van der Waals surface area contributed by atoms with Gasteiger partial charge in [0.25, 0.3) is 0 Å². The number of alkyl halides is 3. The van der Waals surface area contributed by atoms with E-state index >= 15 is 0 Å². The van der Waals surface area contributed by atoms with Crippen LogP contribution in [0.3, 0.4) is 0 Å². The Bertz CT molecular complexity index is 950. The smallest absolute Gasteiger partial charge is 0.433 e. The molecule has 2 aromatic rings. The maximum Gasteiger partial charge on any atom is 0.433 e. The van der Waals surface area contributed by atoms with Crippen molar-refractivity contribution in [3.63, 3.8) is 0 Å². The lowest BCUT2D eigenvalue weighted by atomic mass is 9.76. The van der Waals surface area contributed by atoms with Gasteiger partial charge in [-0.05, 0) is 36.5 Å². The van der Waals surface area contributed by atoms with Crippen molar-refractivity contribution in [2.45, 2.75) is 30.7 Å². The molecule has 1 N–H and O–H groups in total. The molecule has 1 saturated carbocycles. The first-order valence-corrected chi connectivity index (χ1v) is 9.37. The Hall–Kier alpha value is -2.68. The van der Waals surface area contributed by atoms with Gasteiger partial charge in [-0.2, -0.15) is 13.2 Å². The van der Waals surface area contributed by atoms with Crippen molar-refractivity contribution in [1.29, 1.82) is 0 Å². The predicted molar refractivity (Wildman–Crippen MR) is 95.1 cm³/mol. The van der Waals surface area contributed by atoms with Crippen LogP contribution in [0.1, 0.15) is 23.7 Å². The molecule has 0 radical (unpaired) electrons. The van der Waals surface area contributed by atoms with Crippen molar-refractivity contribution in [2.24, 2.45) is 17.8 Å². The van der Waals surface area contributed by atoms with Crippen molar-refractivity contribution in [3.8, 4) is 5.88 Å². The van der Waals surface area contributed by atoms with Crippen molar-refractivity contribution in [3.05, 3.63) is 47.9 Å². The number of anilines is 1. The number of pyridine rings is 2. The van der Waals surface area contributed by atoms with Crippen LogP contribution in [0, 0.1) is 17.8 Å². The van der Waals surface area contributed by atoms with Crippen LogP contribution in [0.4, 0.5) is 18.9 Å². The zero-order chi connectivity index (χ0) is 20.3. The largest absolute Gasteiger partial charge is 0.481 e. The summed E-state index contributed by atoms with van der Waals surface area (Å²) in [7, 11) is 1.49. The number of amides is 1. The lowest BCUT2D eigenvalue weighted by molar-refractivity contribution is -0.141. The molecule has 0 aromatic carbocycles. The minimum atomic E-state index is -4.54. The maximum absolute atomic E-state index is 13.1. The fraction of sp³-hybridized carbons (Fsp3) is 0.450. The van der Waals surface area contributed by atoms with Crippen LogP contribution in [0.2, 0.25) is 0 Å². The maximum atomic E-state index is 13.1. The summed E-state index contributed by atoms with van der Waals surface area (Å²) in [4.78, 5) is 21.0. The first-order chi connectivity index (χ1) is 13.9. The van der Waals surface area contributed by atoms with Crippen molar-refractivity contribution in [1.82, 2.24) is 9.97 Å². The SMILES string of the molecule is COc1ccc(NC(=O)[C@@H]2[C@@H]3O[C@@H]([C@H]4C[C@H]43)[C@@H]2c2cccc(C(F)(F)F)n2)cn1. The van der Waals surface area contributed by atoms with Crippen LogP contribution in [-0.2, 0) is 15.7 Å². The lowest BCUT2D eigenvalue weighted by Gasteiger charge is -2.27. The van der Waals surface area contributed by atoms with E-state index in [0.29, 0.717) is 23.4 Å². The topological polar surface area (TPSA) is 73.3 Å². The number of fused-ring (bicyclic) bond motifs is 5. The van der Waals surface area contributed by atoms with Crippen LogP contribution < -0.4 is 10.1 Å². The number of rotatable bonds is 4. The summed E-state index contributed by atoms with van der Waals surface area (Å²) in [5, 5.41) is 2.82. The summed E-state index contributed by atoms with van der Waals surface area (Å²) >= 11 is 0. The second-order valence-corrected chi connectivity index (χ2v) is 7.70. The Morgan fingerprint density at radius 3 is 2.69 bits per heavy atom. The van der Waals surface area contributed by atoms with Crippen molar-refractivity contribution < 1.29 is 27.4 Å². The molecule has 6 nitrogen and oxygen atoms in total. The number of nitrogens with zero attached hydrogens (tertiary/aromatic N) is 2. The number of hydrogen-bond acceptors (Lipinski definition) is 5. The molecule has 3 fully saturated rings. The molecular weight excluding hydrogens is 387 g/mol. The molecule has 3 aliphatic rings. The highest BCUT2D eigenvalue weighted by molar-refractivity contribution is 5.94. The second-order valence-electron chi connectivity index (χ2n) is 7.70. The van der Waals surface area contributed by atoms with Gasteiger partial charge in [0, 0.05) is 17.7 Å². The van der Waals surface area contributed by atoms with E-state index in [1.54, 1.807) is 18.2 Å². The molecule has 4 heterocycles. The Kier molecular flexibility index (Phi) is 4.06. The molecule has 9 heteroatoms. The molecule has 2 bridgehead atoms. The normalized spacial score (nSPS) is 32.0. The summed E-state index contributed by atoms with van der Waals surface area (Å²) in [6.45, 7) is 0. The summed E-state index contributed by atoms with van der Waals surface area (Å²) in [5.74, 6) is -0.379. The monoisotopic (exact) mass is 405 g/mol. The average Bonchev–Trinajstić information content (AvgIpc) is 3.32. The molecule has 1 amide bonds. The molecule has 6 atom stereocenters. The van der Waals surface area contributed by atoms with E-state index in [1.807, 2.05) is 0 Å². The van der Waals surface area contributed by atoms with Gasteiger partial charge in [-0.1, -0.05) is 6.07 Å². The van der Waals surface area contributed by atoms with Crippen LogP contribution in [0.5, 0.6) is 5.88 Å². The highest BCUT2D eigenvalue weighted by atomic mass is 19.4. The van der Waals surface area contributed by atoms with Crippen LogP contribution in [-0.4, -0.2) is 35.2 Å². The standard InChI is InChI=1S/C20H18F3N3O3/c1-28-14-6-5-9(8-24-14)25-19(27)16-15(17-10-7-11(10)18(16)29-17)12-3-2-4-13(26-12)20(21,22)23/h2-6,8,10-11,15-18H,7H2,1H3,(H,25,27)/t10-,11+,15+,16-,17-,18+/m0/s1. The Morgan fingerprint density at radius 2 is 2.00 bits per heavy atom. The highest BCUT2D eigenvalue weighted by Crippen LogP contribution is 2.65. The van der Waals surface area contributed by atoms with Gasteiger partial charge in [-0.15, -0.1) is 0 Å². The first-order valence-electron chi connectivity index (χ1n) is 9.37. The third-order valence-electron chi connectivity index (χ3n) is 6.06. The molecule has 0 unspecified atom stereocenters. The van der Waals surface area contributed by atoms with E-state index in [0.717, 1.165) is 12.5 Å². The van der Waals surface area contributed by atoms with Gasteiger partial charge >= 0.3 is 6.18 Å². The Labute approximate surface area is 164 Å². The molecule has 1 aliphatic carbocycles.